The highest BCUT2D eigenvalue weighted by Crippen LogP contribution is 2.33. The molecular weight excluding hydrogens is 330 g/mol. The molecule has 3 aromatic rings. The Balaban J connectivity index is 1.54. The summed E-state index contributed by atoms with van der Waals surface area (Å²) < 4.78 is 0. The van der Waals surface area contributed by atoms with Gasteiger partial charge in [-0.1, -0.05) is 13.3 Å². The molecule has 3 heterocycles. The summed E-state index contributed by atoms with van der Waals surface area (Å²) in [6.45, 7) is 2.25. The maximum atomic E-state index is 12.7. The van der Waals surface area contributed by atoms with Crippen molar-refractivity contribution in [1.82, 2.24) is 9.97 Å². The second-order valence-corrected chi connectivity index (χ2v) is 7.71. The van der Waals surface area contributed by atoms with Crippen molar-refractivity contribution in [2.75, 3.05) is 5.32 Å². The molecule has 1 amide bonds. The highest BCUT2D eigenvalue weighted by Gasteiger charge is 2.26. The van der Waals surface area contributed by atoms with Crippen LogP contribution >= 0.6 is 11.3 Å². The summed E-state index contributed by atoms with van der Waals surface area (Å²) in [5, 5.41) is 8.29. The van der Waals surface area contributed by atoms with Crippen molar-refractivity contribution in [3.8, 4) is 11.3 Å². The molecule has 1 aliphatic carbocycles. The Labute approximate surface area is 151 Å². The molecule has 0 atom stereocenters. The molecule has 0 aliphatic heterocycles. The minimum Gasteiger partial charge on any atom is -0.339 e. The van der Waals surface area contributed by atoms with E-state index in [2.05, 4.69) is 45.1 Å². The second-order valence-electron chi connectivity index (χ2n) is 6.93. The summed E-state index contributed by atoms with van der Waals surface area (Å²) in [4.78, 5) is 20.5. The standard InChI is InChI=1S/C20H23N3OS/c1-2-13-3-5-14(6-4-13)20(24)23-17-7-9-21-19-16(17)11-18(22-19)15-8-10-25-12-15/h7-14H,2-6H2,1H3,(H2,21,22,23,24). The van der Waals surface area contributed by atoms with Gasteiger partial charge in [0, 0.05) is 34.1 Å². The maximum absolute atomic E-state index is 12.7. The van der Waals surface area contributed by atoms with Gasteiger partial charge in [0.2, 0.25) is 5.91 Å². The smallest absolute Gasteiger partial charge is 0.227 e. The van der Waals surface area contributed by atoms with Gasteiger partial charge in [-0.2, -0.15) is 11.3 Å². The van der Waals surface area contributed by atoms with Crippen LogP contribution in [0, 0.1) is 11.8 Å². The number of carbonyl (C=O) groups is 1. The van der Waals surface area contributed by atoms with Crippen LogP contribution in [0.15, 0.2) is 35.2 Å². The van der Waals surface area contributed by atoms with Gasteiger partial charge in [-0.05, 0) is 55.2 Å². The molecule has 1 saturated carbocycles. The number of aromatic amines is 1. The fourth-order valence-electron chi connectivity index (χ4n) is 3.78. The van der Waals surface area contributed by atoms with E-state index in [9.17, 15) is 4.79 Å². The Hall–Kier alpha value is -2.14. The van der Waals surface area contributed by atoms with E-state index in [-0.39, 0.29) is 11.8 Å². The highest BCUT2D eigenvalue weighted by molar-refractivity contribution is 7.08. The molecule has 4 nitrogen and oxygen atoms in total. The summed E-state index contributed by atoms with van der Waals surface area (Å²) in [6.07, 6.45) is 7.34. The lowest BCUT2D eigenvalue weighted by Crippen LogP contribution is -2.27. The van der Waals surface area contributed by atoms with Gasteiger partial charge in [-0.25, -0.2) is 4.98 Å². The van der Waals surface area contributed by atoms with Crippen LogP contribution in [0.4, 0.5) is 5.69 Å². The number of pyridine rings is 1. The number of carbonyl (C=O) groups excluding carboxylic acids is 1. The largest absolute Gasteiger partial charge is 0.339 e. The lowest BCUT2D eigenvalue weighted by molar-refractivity contribution is -0.121. The molecule has 0 aromatic carbocycles. The Bertz CT molecular complexity index is 860. The maximum Gasteiger partial charge on any atom is 0.227 e. The van der Waals surface area contributed by atoms with Crippen molar-refractivity contribution in [2.24, 2.45) is 11.8 Å². The number of hydrogen-bond acceptors (Lipinski definition) is 3. The van der Waals surface area contributed by atoms with Crippen LogP contribution in [0.5, 0.6) is 0 Å². The molecule has 2 N–H and O–H groups in total. The molecule has 0 saturated heterocycles. The molecule has 25 heavy (non-hydrogen) atoms. The van der Waals surface area contributed by atoms with Crippen LogP contribution in [0.3, 0.4) is 0 Å². The van der Waals surface area contributed by atoms with Crippen LogP contribution in [-0.4, -0.2) is 15.9 Å². The van der Waals surface area contributed by atoms with Crippen LogP contribution < -0.4 is 5.32 Å². The van der Waals surface area contributed by atoms with Crippen LogP contribution in [0.2, 0.25) is 0 Å². The Kier molecular flexibility index (Phi) is 4.57. The van der Waals surface area contributed by atoms with Crippen molar-refractivity contribution >= 4 is 34.0 Å². The third-order valence-electron chi connectivity index (χ3n) is 5.42. The van der Waals surface area contributed by atoms with Crippen molar-refractivity contribution < 1.29 is 4.79 Å². The summed E-state index contributed by atoms with van der Waals surface area (Å²) in [5.74, 6) is 1.09. The summed E-state index contributed by atoms with van der Waals surface area (Å²) >= 11 is 1.67. The average molecular weight is 353 g/mol. The highest BCUT2D eigenvalue weighted by atomic mass is 32.1. The number of thiophene rings is 1. The van der Waals surface area contributed by atoms with E-state index in [1.807, 2.05) is 6.07 Å². The molecule has 0 bridgehead atoms. The third-order valence-corrected chi connectivity index (χ3v) is 6.10. The molecule has 5 heteroatoms. The lowest BCUT2D eigenvalue weighted by Gasteiger charge is -2.26. The minimum absolute atomic E-state index is 0.140. The molecule has 3 aromatic heterocycles. The first-order valence-electron chi connectivity index (χ1n) is 9.05. The number of amides is 1. The Morgan fingerprint density at radius 1 is 1.32 bits per heavy atom. The lowest BCUT2D eigenvalue weighted by atomic mass is 9.80. The van der Waals surface area contributed by atoms with Crippen molar-refractivity contribution in [1.29, 1.82) is 0 Å². The number of nitrogens with one attached hydrogen (secondary N) is 2. The monoisotopic (exact) mass is 353 g/mol. The second kappa shape index (κ2) is 7.00. The SMILES string of the molecule is CCC1CCC(C(=O)Nc2ccnc3[nH]c(-c4ccsc4)cc23)CC1. The molecule has 0 unspecified atom stereocenters. The number of rotatable bonds is 4. The number of H-pyrrole nitrogens is 1. The Morgan fingerprint density at radius 3 is 2.88 bits per heavy atom. The summed E-state index contributed by atoms with van der Waals surface area (Å²) in [7, 11) is 0. The van der Waals surface area contributed by atoms with Gasteiger partial charge in [-0.3, -0.25) is 4.79 Å². The molecule has 0 radical (unpaired) electrons. The van der Waals surface area contributed by atoms with E-state index in [4.69, 9.17) is 0 Å². The van der Waals surface area contributed by atoms with Crippen LogP contribution in [0.1, 0.15) is 39.0 Å². The quantitative estimate of drug-likeness (QED) is 0.655. The average Bonchev–Trinajstić information content (AvgIpc) is 3.31. The topological polar surface area (TPSA) is 57.8 Å². The van der Waals surface area contributed by atoms with Gasteiger partial charge in [0.15, 0.2) is 0 Å². The molecule has 130 valence electrons. The van der Waals surface area contributed by atoms with Gasteiger partial charge >= 0.3 is 0 Å². The van der Waals surface area contributed by atoms with Gasteiger partial charge in [-0.15, -0.1) is 0 Å². The van der Waals surface area contributed by atoms with E-state index in [0.29, 0.717) is 0 Å². The first-order valence-corrected chi connectivity index (χ1v) is 10.00. The first-order chi connectivity index (χ1) is 12.2. The van der Waals surface area contributed by atoms with E-state index >= 15 is 0 Å². The first kappa shape index (κ1) is 16.3. The minimum atomic E-state index is 0.140. The number of aromatic nitrogens is 2. The normalized spacial score (nSPS) is 20.7. The summed E-state index contributed by atoms with van der Waals surface area (Å²) in [5.41, 5.74) is 3.85. The Morgan fingerprint density at radius 2 is 2.16 bits per heavy atom. The third kappa shape index (κ3) is 3.33. The summed E-state index contributed by atoms with van der Waals surface area (Å²) in [6, 6.07) is 6.05. The molecule has 0 spiro atoms. The molecule has 1 aliphatic rings. The zero-order chi connectivity index (χ0) is 17.2. The van der Waals surface area contributed by atoms with Gasteiger partial charge in [0.1, 0.15) is 5.65 Å². The molecular formula is C20H23N3OS. The number of nitrogens with zero attached hydrogens (tertiary/aromatic N) is 1. The van der Waals surface area contributed by atoms with E-state index in [0.717, 1.165) is 46.7 Å². The van der Waals surface area contributed by atoms with Gasteiger partial charge in [0.25, 0.3) is 0 Å². The van der Waals surface area contributed by atoms with Crippen LogP contribution in [-0.2, 0) is 4.79 Å². The van der Waals surface area contributed by atoms with Crippen LogP contribution in [0.25, 0.3) is 22.3 Å². The van der Waals surface area contributed by atoms with Crippen molar-refractivity contribution in [3.63, 3.8) is 0 Å². The number of hydrogen-bond donors (Lipinski definition) is 2. The predicted octanol–water partition coefficient (Wildman–Crippen LogP) is 5.45. The zero-order valence-corrected chi connectivity index (χ0v) is 15.2. The number of anilines is 1. The van der Waals surface area contributed by atoms with E-state index in [1.165, 1.54) is 19.3 Å². The van der Waals surface area contributed by atoms with E-state index < -0.39 is 0 Å². The van der Waals surface area contributed by atoms with Gasteiger partial charge < -0.3 is 10.3 Å². The molecule has 1 fully saturated rings. The van der Waals surface area contributed by atoms with Gasteiger partial charge in [0.05, 0.1) is 5.69 Å². The van der Waals surface area contributed by atoms with E-state index in [1.54, 1.807) is 17.5 Å². The van der Waals surface area contributed by atoms with Crippen molar-refractivity contribution in [3.05, 3.63) is 35.2 Å². The fraction of sp³-hybridized carbons (Fsp3) is 0.400. The zero-order valence-electron chi connectivity index (χ0n) is 14.4. The predicted molar refractivity (Wildman–Crippen MR) is 104 cm³/mol. The molecule has 4 rings (SSSR count). The van der Waals surface area contributed by atoms with Crippen molar-refractivity contribution in [2.45, 2.75) is 39.0 Å². The fourth-order valence-corrected chi connectivity index (χ4v) is 4.43. The number of fused-ring (bicyclic) bond motifs is 1.